The van der Waals surface area contributed by atoms with E-state index in [1.807, 2.05) is 66.7 Å². The first-order chi connectivity index (χ1) is 12.8. The van der Waals surface area contributed by atoms with Crippen molar-refractivity contribution in [1.29, 1.82) is 0 Å². The molecule has 0 bridgehead atoms. The summed E-state index contributed by atoms with van der Waals surface area (Å²) >= 11 is 0. The molecule has 2 aromatic carbocycles. The van der Waals surface area contributed by atoms with Gasteiger partial charge >= 0.3 is 5.97 Å². The van der Waals surface area contributed by atoms with Crippen LogP contribution in [0.3, 0.4) is 0 Å². The highest BCUT2D eigenvalue weighted by Gasteiger charge is 2.06. The minimum Gasteiger partial charge on any atom is -0.488 e. The molecule has 0 fully saturated rings. The SMILES string of the molecule is COC(=O)c1cnc(/C=C/c2ccccc2OCc2ccccc2)cn1. The van der Waals surface area contributed by atoms with Crippen LogP contribution in [0.25, 0.3) is 12.2 Å². The van der Waals surface area contributed by atoms with Crippen LogP contribution in [0, 0.1) is 0 Å². The van der Waals surface area contributed by atoms with Gasteiger partial charge in [0.2, 0.25) is 0 Å². The monoisotopic (exact) mass is 346 g/mol. The van der Waals surface area contributed by atoms with Gasteiger partial charge in [0, 0.05) is 5.56 Å². The second-order valence-electron chi connectivity index (χ2n) is 5.46. The van der Waals surface area contributed by atoms with Gasteiger partial charge in [0.05, 0.1) is 25.2 Å². The Kier molecular flexibility index (Phi) is 5.72. The lowest BCUT2D eigenvalue weighted by Crippen LogP contribution is -2.04. The number of ether oxygens (including phenoxy) is 2. The molecule has 3 aromatic rings. The zero-order valence-corrected chi connectivity index (χ0v) is 14.3. The minimum atomic E-state index is -0.507. The normalized spacial score (nSPS) is 10.7. The quantitative estimate of drug-likeness (QED) is 0.631. The van der Waals surface area contributed by atoms with Gasteiger partial charge < -0.3 is 9.47 Å². The molecule has 0 aliphatic heterocycles. The Morgan fingerprint density at radius 2 is 1.73 bits per heavy atom. The van der Waals surface area contributed by atoms with Gasteiger partial charge in [-0.3, -0.25) is 4.98 Å². The number of methoxy groups -OCH3 is 1. The minimum absolute atomic E-state index is 0.177. The Balaban J connectivity index is 1.71. The predicted octanol–water partition coefficient (Wildman–Crippen LogP) is 4.01. The first-order valence-corrected chi connectivity index (χ1v) is 8.10. The van der Waals surface area contributed by atoms with E-state index < -0.39 is 5.97 Å². The largest absolute Gasteiger partial charge is 0.488 e. The van der Waals surface area contributed by atoms with Gasteiger partial charge in [-0.2, -0.15) is 0 Å². The molecule has 5 nitrogen and oxygen atoms in total. The van der Waals surface area contributed by atoms with Crippen molar-refractivity contribution in [2.24, 2.45) is 0 Å². The molecule has 1 heterocycles. The number of esters is 1. The molecule has 0 spiro atoms. The van der Waals surface area contributed by atoms with Crippen LogP contribution in [0.15, 0.2) is 67.0 Å². The topological polar surface area (TPSA) is 61.3 Å². The van der Waals surface area contributed by atoms with Crippen molar-refractivity contribution in [2.75, 3.05) is 7.11 Å². The molecule has 0 saturated heterocycles. The fourth-order valence-electron chi connectivity index (χ4n) is 2.29. The summed E-state index contributed by atoms with van der Waals surface area (Å²) in [6.07, 6.45) is 6.64. The smallest absolute Gasteiger partial charge is 0.358 e. The van der Waals surface area contributed by atoms with Gasteiger partial charge in [-0.05, 0) is 23.8 Å². The fraction of sp³-hybridized carbons (Fsp3) is 0.0952. The van der Waals surface area contributed by atoms with Gasteiger partial charge in [0.15, 0.2) is 5.69 Å². The number of rotatable bonds is 6. The zero-order valence-electron chi connectivity index (χ0n) is 14.3. The summed E-state index contributed by atoms with van der Waals surface area (Å²) in [5.41, 5.74) is 2.85. The Morgan fingerprint density at radius 3 is 2.46 bits per heavy atom. The van der Waals surface area contributed by atoms with Gasteiger partial charge in [-0.15, -0.1) is 0 Å². The third kappa shape index (κ3) is 4.54. The third-order valence-corrected chi connectivity index (χ3v) is 3.66. The molecular formula is C21H18N2O3. The summed E-state index contributed by atoms with van der Waals surface area (Å²) in [5, 5.41) is 0. The standard InChI is InChI=1S/C21H18N2O3/c1-25-21(24)19-14-22-18(13-23-19)12-11-17-9-5-6-10-20(17)26-15-16-7-3-2-4-8-16/h2-14H,15H2,1H3/b12-11+. The van der Waals surface area contributed by atoms with Crippen molar-refractivity contribution in [3.63, 3.8) is 0 Å². The first kappa shape index (κ1) is 17.4. The Bertz CT molecular complexity index is 891. The average molecular weight is 346 g/mol. The summed E-state index contributed by atoms with van der Waals surface area (Å²) in [5.74, 6) is 0.277. The lowest BCUT2D eigenvalue weighted by atomic mass is 10.1. The van der Waals surface area contributed by atoms with Crippen LogP contribution in [0.4, 0.5) is 0 Å². The zero-order chi connectivity index (χ0) is 18.2. The first-order valence-electron chi connectivity index (χ1n) is 8.10. The molecule has 0 saturated carbocycles. The van der Waals surface area contributed by atoms with E-state index in [0.29, 0.717) is 12.3 Å². The van der Waals surface area contributed by atoms with E-state index >= 15 is 0 Å². The molecule has 1 aromatic heterocycles. The van der Waals surface area contributed by atoms with Crippen LogP contribution in [0.1, 0.15) is 27.3 Å². The Labute approximate surface area is 152 Å². The fourth-order valence-corrected chi connectivity index (χ4v) is 2.29. The number of para-hydroxylation sites is 1. The van der Waals surface area contributed by atoms with Gasteiger partial charge in [-0.1, -0.05) is 48.5 Å². The number of hydrogen-bond donors (Lipinski definition) is 0. The molecule has 0 amide bonds. The maximum Gasteiger partial charge on any atom is 0.358 e. The molecule has 0 N–H and O–H groups in total. The summed E-state index contributed by atoms with van der Waals surface area (Å²) in [6, 6.07) is 17.8. The highest BCUT2D eigenvalue weighted by atomic mass is 16.5. The van der Waals surface area contributed by atoms with Crippen LogP contribution in [-0.4, -0.2) is 23.0 Å². The number of carbonyl (C=O) groups excluding carboxylic acids is 1. The Hall–Kier alpha value is -3.47. The van der Waals surface area contributed by atoms with Crippen LogP contribution >= 0.6 is 0 Å². The lowest BCUT2D eigenvalue weighted by molar-refractivity contribution is 0.0593. The van der Waals surface area contributed by atoms with Crippen molar-refractivity contribution in [2.45, 2.75) is 6.61 Å². The van der Waals surface area contributed by atoms with E-state index in [9.17, 15) is 4.79 Å². The van der Waals surface area contributed by atoms with Crippen LogP contribution in [0.5, 0.6) is 5.75 Å². The summed E-state index contributed by atoms with van der Waals surface area (Å²) < 4.78 is 10.5. The van der Waals surface area contributed by atoms with Gasteiger partial charge in [-0.25, -0.2) is 9.78 Å². The number of carbonyl (C=O) groups is 1. The predicted molar refractivity (Wildman–Crippen MR) is 99.5 cm³/mol. The van der Waals surface area contributed by atoms with E-state index in [2.05, 4.69) is 14.7 Å². The molecule has 0 radical (unpaired) electrons. The van der Waals surface area contributed by atoms with Crippen LogP contribution in [-0.2, 0) is 11.3 Å². The van der Waals surface area contributed by atoms with Gasteiger partial charge in [0.1, 0.15) is 12.4 Å². The van der Waals surface area contributed by atoms with E-state index in [0.717, 1.165) is 16.9 Å². The van der Waals surface area contributed by atoms with Crippen LogP contribution < -0.4 is 4.74 Å². The maximum absolute atomic E-state index is 11.4. The molecule has 0 aliphatic carbocycles. The number of benzene rings is 2. The average Bonchev–Trinajstić information content (AvgIpc) is 2.72. The summed E-state index contributed by atoms with van der Waals surface area (Å²) in [4.78, 5) is 19.6. The van der Waals surface area contributed by atoms with Crippen molar-refractivity contribution < 1.29 is 14.3 Å². The van der Waals surface area contributed by atoms with Crippen molar-refractivity contribution in [3.05, 3.63) is 89.5 Å². The third-order valence-electron chi connectivity index (χ3n) is 3.66. The Morgan fingerprint density at radius 1 is 0.962 bits per heavy atom. The molecule has 0 atom stereocenters. The van der Waals surface area contributed by atoms with Crippen molar-refractivity contribution in [3.8, 4) is 5.75 Å². The summed E-state index contributed by atoms with van der Waals surface area (Å²) in [7, 11) is 1.31. The maximum atomic E-state index is 11.4. The molecule has 3 rings (SSSR count). The summed E-state index contributed by atoms with van der Waals surface area (Å²) in [6.45, 7) is 0.499. The highest BCUT2D eigenvalue weighted by Crippen LogP contribution is 2.21. The van der Waals surface area contributed by atoms with Gasteiger partial charge in [0.25, 0.3) is 0 Å². The number of nitrogens with zero attached hydrogens (tertiary/aromatic N) is 2. The molecule has 0 aliphatic rings. The molecular weight excluding hydrogens is 328 g/mol. The number of aromatic nitrogens is 2. The number of hydrogen-bond acceptors (Lipinski definition) is 5. The van der Waals surface area contributed by atoms with E-state index in [1.165, 1.54) is 19.5 Å². The lowest BCUT2D eigenvalue weighted by Gasteiger charge is -2.09. The molecule has 5 heteroatoms. The highest BCUT2D eigenvalue weighted by molar-refractivity contribution is 5.86. The van der Waals surface area contributed by atoms with E-state index in [1.54, 1.807) is 0 Å². The van der Waals surface area contributed by atoms with Crippen molar-refractivity contribution >= 4 is 18.1 Å². The van der Waals surface area contributed by atoms with Crippen molar-refractivity contribution in [1.82, 2.24) is 9.97 Å². The molecule has 26 heavy (non-hydrogen) atoms. The van der Waals surface area contributed by atoms with E-state index in [-0.39, 0.29) is 5.69 Å². The van der Waals surface area contributed by atoms with Crippen LogP contribution in [0.2, 0.25) is 0 Å². The molecule has 0 unspecified atom stereocenters. The van der Waals surface area contributed by atoms with E-state index in [4.69, 9.17) is 4.74 Å². The second kappa shape index (κ2) is 8.58. The second-order valence-corrected chi connectivity index (χ2v) is 5.46. The molecule has 130 valence electrons.